The van der Waals surface area contributed by atoms with Crippen LogP contribution >= 0.6 is 0 Å². The molecule has 6 nitrogen and oxygen atoms in total. The second-order valence-electron chi connectivity index (χ2n) is 7.66. The van der Waals surface area contributed by atoms with Gasteiger partial charge in [-0.3, -0.25) is 0 Å². The minimum Gasteiger partial charge on any atom is -0.324 e. The molecule has 0 bridgehead atoms. The van der Waals surface area contributed by atoms with Crippen LogP contribution in [-0.4, -0.2) is 58.3 Å². The molecule has 1 aromatic heterocycles. The van der Waals surface area contributed by atoms with Crippen molar-refractivity contribution in [2.75, 3.05) is 32.0 Å². The van der Waals surface area contributed by atoms with E-state index in [0.29, 0.717) is 5.92 Å². The molecule has 1 aliphatic rings. The Labute approximate surface area is 162 Å². The third-order valence-electron chi connectivity index (χ3n) is 5.56. The molecule has 1 N–H and O–H groups in total. The molecule has 1 saturated heterocycles. The van der Waals surface area contributed by atoms with E-state index in [1.807, 2.05) is 60.8 Å². The first-order valence-electron chi connectivity index (χ1n) is 9.79. The van der Waals surface area contributed by atoms with Crippen molar-refractivity contribution in [3.05, 3.63) is 41.7 Å². The van der Waals surface area contributed by atoms with Crippen LogP contribution in [-0.2, 0) is 0 Å². The van der Waals surface area contributed by atoms with Crippen molar-refractivity contribution in [1.29, 1.82) is 0 Å². The SMILES string of the molecule is CCN1CC[C@@H](N(C)C(=O)Nc2cccc(-n3nc(C)cc3C)c2)[C@H](C)C1. The number of nitrogens with zero attached hydrogens (tertiary/aromatic N) is 4. The first-order valence-corrected chi connectivity index (χ1v) is 9.79. The Balaban J connectivity index is 1.69. The van der Waals surface area contributed by atoms with Gasteiger partial charge in [-0.05, 0) is 57.0 Å². The van der Waals surface area contributed by atoms with E-state index in [-0.39, 0.29) is 12.1 Å². The van der Waals surface area contributed by atoms with Gasteiger partial charge in [0.15, 0.2) is 0 Å². The van der Waals surface area contributed by atoms with Crippen LogP contribution in [0.4, 0.5) is 10.5 Å². The van der Waals surface area contributed by atoms with Crippen LogP contribution < -0.4 is 5.32 Å². The quantitative estimate of drug-likeness (QED) is 0.894. The van der Waals surface area contributed by atoms with Crippen LogP contribution in [0.3, 0.4) is 0 Å². The van der Waals surface area contributed by atoms with E-state index in [4.69, 9.17) is 0 Å². The Morgan fingerprint density at radius 1 is 1.33 bits per heavy atom. The fourth-order valence-electron chi connectivity index (χ4n) is 4.05. The van der Waals surface area contributed by atoms with Gasteiger partial charge in [0.1, 0.15) is 0 Å². The standard InChI is InChI=1S/C21H31N5O/c1-6-25-11-10-20(15(2)14-25)24(5)21(27)22-18-8-7-9-19(13-18)26-17(4)12-16(3)23-26/h7-9,12-13,15,20H,6,10-11,14H2,1-5H3,(H,22,27)/t15-,20-/m1/s1. The number of hydrogen-bond acceptors (Lipinski definition) is 3. The molecule has 146 valence electrons. The summed E-state index contributed by atoms with van der Waals surface area (Å²) in [6.07, 6.45) is 1.02. The molecule has 1 fully saturated rings. The molecule has 0 aliphatic carbocycles. The Morgan fingerprint density at radius 2 is 2.11 bits per heavy atom. The predicted molar refractivity (Wildman–Crippen MR) is 110 cm³/mol. The monoisotopic (exact) mass is 369 g/mol. The Morgan fingerprint density at radius 3 is 2.74 bits per heavy atom. The molecule has 0 radical (unpaired) electrons. The number of amides is 2. The second kappa shape index (κ2) is 8.13. The van der Waals surface area contributed by atoms with E-state index in [9.17, 15) is 4.79 Å². The molecule has 2 heterocycles. The lowest BCUT2D eigenvalue weighted by Crippen LogP contribution is -2.51. The Bertz CT molecular complexity index is 800. The number of hydrogen-bond donors (Lipinski definition) is 1. The summed E-state index contributed by atoms with van der Waals surface area (Å²) in [4.78, 5) is 17.1. The molecule has 0 spiro atoms. The summed E-state index contributed by atoms with van der Waals surface area (Å²) < 4.78 is 1.90. The van der Waals surface area contributed by atoms with Crippen LogP contribution in [0.1, 0.15) is 31.7 Å². The minimum atomic E-state index is -0.0534. The number of nitrogens with one attached hydrogen (secondary N) is 1. The minimum absolute atomic E-state index is 0.0534. The van der Waals surface area contributed by atoms with Crippen molar-refractivity contribution in [3.63, 3.8) is 0 Å². The highest BCUT2D eigenvalue weighted by atomic mass is 16.2. The maximum Gasteiger partial charge on any atom is 0.321 e. The van der Waals surface area contributed by atoms with Crippen molar-refractivity contribution in [2.24, 2.45) is 5.92 Å². The number of benzene rings is 1. The van der Waals surface area contributed by atoms with Gasteiger partial charge in [-0.25, -0.2) is 9.48 Å². The average Bonchev–Trinajstić information content (AvgIpc) is 2.99. The second-order valence-corrected chi connectivity index (χ2v) is 7.66. The van der Waals surface area contributed by atoms with E-state index in [1.54, 1.807) is 0 Å². The average molecular weight is 370 g/mol. The summed E-state index contributed by atoms with van der Waals surface area (Å²) in [5, 5.41) is 7.58. The summed E-state index contributed by atoms with van der Waals surface area (Å²) in [5.74, 6) is 0.468. The van der Waals surface area contributed by atoms with Crippen LogP contribution in [0, 0.1) is 19.8 Å². The van der Waals surface area contributed by atoms with Crippen molar-refractivity contribution < 1.29 is 4.79 Å². The van der Waals surface area contributed by atoms with Gasteiger partial charge in [0.2, 0.25) is 0 Å². The van der Waals surface area contributed by atoms with Crippen LogP contribution in [0.5, 0.6) is 0 Å². The number of piperidine rings is 1. The number of aromatic nitrogens is 2. The zero-order chi connectivity index (χ0) is 19.6. The van der Waals surface area contributed by atoms with E-state index < -0.39 is 0 Å². The largest absolute Gasteiger partial charge is 0.324 e. The molecule has 2 aromatic rings. The molecule has 3 rings (SSSR count). The highest BCUT2D eigenvalue weighted by Crippen LogP contribution is 2.22. The normalized spacial score (nSPS) is 20.5. The van der Waals surface area contributed by atoms with Crippen LogP contribution in [0.15, 0.2) is 30.3 Å². The molecule has 1 aliphatic heterocycles. The van der Waals surface area contributed by atoms with Gasteiger partial charge in [0.05, 0.1) is 11.4 Å². The van der Waals surface area contributed by atoms with Gasteiger partial charge in [0.25, 0.3) is 0 Å². The third kappa shape index (κ3) is 4.33. The van der Waals surface area contributed by atoms with Crippen molar-refractivity contribution in [2.45, 2.75) is 40.2 Å². The van der Waals surface area contributed by atoms with Gasteiger partial charge >= 0.3 is 6.03 Å². The summed E-state index contributed by atoms with van der Waals surface area (Å²) in [6, 6.07) is 10.1. The zero-order valence-corrected chi connectivity index (χ0v) is 17.1. The highest BCUT2D eigenvalue weighted by Gasteiger charge is 2.30. The number of carbonyl (C=O) groups excluding carboxylic acids is 1. The predicted octanol–water partition coefficient (Wildman–Crippen LogP) is 3.68. The molecule has 6 heteroatoms. The summed E-state index contributed by atoms with van der Waals surface area (Å²) in [7, 11) is 1.91. The number of likely N-dealkylation sites (tertiary alicyclic amines) is 1. The molecule has 2 amide bonds. The highest BCUT2D eigenvalue weighted by molar-refractivity contribution is 5.89. The van der Waals surface area contributed by atoms with Crippen molar-refractivity contribution in [3.8, 4) is 5.69 Å². The van der Waals surface area contributed by atoms with Gasteiger partial charge in [0, 0.05) is 37.6 Å². The Kier molecular flexibility index (Phi) is 5.85. The zero-order valence-electron chi connectivity index (χ0n) is 17.1. The van der Waals surface area contributed by atoms with Crippen LogP contribution in [0.25, 0.3) is 5.69 Å². The first kappa shape index (κ1) is 19.4. The van der Waals surface area contributed by atoms with Gasteiger partial charge < -0.3 is 15.1 Å². The van der Waals surface area contributed by atoms with Gasteiger partial charge in [-0.2, -0.15) is 5.10 Å². The topological polar surface area (TPSA) is 53.4 Å². The first-order chi connectivity index (χ1) is 12.9. The summed E-state index contributed by atoms with van der Waals surface area (Å²) in [6.45, 7) is 11.6. The molecular weight excluding hydrogens is 338 g/mol. The fraction of sp³-hybridized carbons (Fsp3) is 0.524. The Hall–Kier alpha value is -2.34. The van der Waals surface area contributed by atoms with E-state index in [1.165, 1.54) is 0 Å². The van der Waals surface area contributed by atoms with Crippen molar-refractivity contribution in [1.82, 2.24) is 19.6 Å². The molecule has 2 atom stereocenters. The third-order valence-corrected chi connectivity index (χ3v) is 5.56. The number of carbonyl (C=O) groups is 1. The molecule has 27 heavy (non-hydrogen) atoms. The number of aryl methyl sites for hydroxylation is 2. The van der Waals surface area contributed by atoms with E-state index >= 15 is 0 Å². The molecule has 1 aromatic carbocycles. The summed E-state index contributed by atoms with van der Waals surface area (Å²) >= 11 is 0. The maximum atomic E-state index is 12.8. The summed E-state index contributed by atoms with van der Waals surface area (Å²) in [5.41, 5.74) is 3.79. The van der Waals surface area contributed by atoms with Crippen LogP contribution in [0.2, 0.25) is 0 Å². The van der Waals surface area contributed by atoms with Gasteiger partial charge in [-0.1, -0.05) is 19.9 Å². The van der Waals surface area contributed by atoms with E-state index in [2.05, 4.69) is 29.2 Å². The smallest absolute Gasteiger partial charge is 0.321 e. The number of rotatable bonds is 4. The lowest BCUT2D eigenvalue weighted by molar-refractivity contribution is 0.101. The lowest BCUT2D eigenvalue weighted by Gasteiger charge is -2.40. The molecule has 0 saturated carbocycles. The maximum absolute atomic E-state index is 12.8. The lowest BCUT2D eigenvalue weighted by atomic mass is 9.93. The van der Waals surface area contributed by atoms with Gasteiger partial charge in [-0.15, -0.1) is 0 Å². The van der Waals surface area contributed by atoms with E-state index in [0.717, 1.165) is 48.8 Å². The molecular formula is C21H31N5O. The fourth-order valence-corrected chi connectivity index (χ4v) is 4.05. The number of urea groups is 1. The molecule has 0 unspecified atom stereocenters. The number of anilines is 1. The van der Waals surface area contributed by atoms with Crippen molar-refractivity contribution >= 4 is 11.7 Å².